The maximum Gasteiger partial charge on any atom is 0.267 e. The number of hydrogen-bond donors (Lipinski definition) is 3. The molecule has 0 spiro atoms. The summed E-state index contributed by atoms with van der Waals surface area (Å²) in [4.78, 5) is 17.8. The highest BCUT2D eigenvalue weighted by Gasteiger charge is 2.16. The van der Waals surface area contributed by atoms with Crippen LogP contribution in [0, 0.1) is 0 Å². The van der Waals surface area contributed by atoms with E-state index in [1.807, 2.05) is 42.5 Å². The number of pyridine rings is 1. The number of rotatable bonds is 6. The Balaban J connectivity index is 0.00000225. The van der Waals surface area contributed by atoms with Crippen LogP contribution in [0.5, 0.6) is 0 Å². The van der Waals surface area contributed by atoms with E-state index in [4.69, 9.17) is 0 Å². The second-order valence-electron chi connectivity index (χ2n) is 6.91. The van der Waals surface area contributed by atoms with Crippen LogP contribution in [-0.2, 0) is 0 Å². The molecule has 0 aliphatic carbocycles. The van der Waals surface area contributed by atoms with Crippen LogP contribution in [0.4, 0.5) is 11.5 Å². The van der Waals surface area contributed by atoms with Gasteiger partial charge in [0, 0.05) is 31.0 Å². The molecule has 1 aromatic carbocycles. The number of halogens is 1. The van der Waals surface area contributed by atoms with Crippen molar-refractivity contribution in [3.63, 3.8) is 0 Å². The van der Waals surface area contributed by atoms with Gasteiger partial charge in [0.2, 0.25) is 0 Å². The predicted molar refractivity (Wildman–Crippen MR) is 118 cm³/mol. The van der Waals surface area contributed by atoms with Crippen LogP contribution in [0.15, 0.2) is 53.5 Å². The molecular formula is C21H26ClN5O. The van der Waals surface area contributed by atoms with Gasteiger partial charge in [-0.25, -0.2) is 4.98 Å². The van der Waals surface area contributed by atoms with Gasteiger partial charge in [-0.05, 0) is 49.2 Å². The maximum atomic E-state index is 13.1. The van der Waals surface area contributed by atoms with Gasteiger partial charge in [0.15, 0.2) is 0 Å². The number of anilines is 2. The molecule has 3 aromatic rings. The van der Waals surface area contributed by atoms with Crippen LogP contribution in [-0.4, -0.2) is 35.1 Å². The summed E-state index contributed by atoms with van der Waals surface area (Å²) in [7, 11) is 0. The van der Waals surface area contributed by atoms with Crippen molar-refractivity contribution in [3.05, 3.63) is 59.0 Å². The summed E-state index contributed by atoms with van der Waals surface area (Å²) in [5.41, 5.74) is 3.15. The summed E-state index contributed by atoms with van der Waals surface area (Å²) in [5, 5.41) is 10.2. The zero-order valence-electron chi connectivity index (χ0n) is 15.9. The molecule has 0 saturated carbocycles. The molecule has 6 nitrogen and oxygen atoms in total. The molecule has 1 aliphatic heterocycles. The number of nitrogens with zero attached hydrogens (tertiary/aromatic N) is 2. The third-order valence-electron chi connectivity index (χ3n) is 4.88. The van der Waals surface area contributed by atoms with Crippen molar-refractivity contribution in [2.45, 2.75) is 25.8 Å². The first-order valence-corrected chi connectivity index (χ1v) is 9.59. The van der Waals surface area contributed by atoms with Gasteiger partial charge in [0.25, 0.3) is 5.56 Å². The van der Waals surface area contributed by atoms with Crippen molar-refractivity contribution in [1.29, 1.82) is 0 Å². The topological polar surface area (TPSA) is 70.5 Å². The summed E-state index contributed by atoms with van der Waals surface area (Å²) in [5.74, 6) is 0.647. The molecule has 4 rings (SSSR count). The van der Waals surface area contributed by atoms with Crippen LogP contribution in [0.1, 0.15) is 19.8 Å². The summed E-state index contributed by atoms with van der Waals surface area (Å²) < 4.78 is 1.60. The molecule has 1 aliphatic rings. The van der Waals surface area contributed by atoms with Gasteiger partial charge in [-0.2, -0.15) is 0 Å². The van der Waals surface area contributed by atoms with E-state index in [2.05, 4.69) is 27.9 Å². The van der Waals surface area contributed by atoms with Crippen molar-refractivity contribution >= 4 is 29.6 Å². The van der Waals surface area contributed by atoms with Crippen molar-refractivity contribution in [2.24, 2.45) is 0 Å². The minimum atomic E-state index is -0.0556. The number of fused-ring (bicyclic) bond motifs is 1. The standard InChI is InChI=1S/C21H25N5O.ClH/c1-2-11-23-20-19(21(27)26-13-4-3-5-18(26)25-20)15-6-8-16(9-7-15)24-17-10-12-22-14-17;/h3-9,13,17,22-24H,2,10-12,14H2,1H3;1H. The van der Waals surface area contributed by atoms with Gasteiger partial charge in [-0.15, -0.1) is 12.4 Å². The number of nitrogens with one attached hydrogen (secondary N) is 3. The first-order valence-electron chi connectivity index (χ1n) is 9.59. The Morgan fingerprint density at radius 1 is 1.21 bits per heavy atom. The van der Waals surface area contributed by atoms with E-state index in [1.165, 1.54) is 0 Å². The van der Waals surface area contributed by atoms with Gasteiger partial charge in [-0.1, -0.05) is 25.1 Å². The van der Waals surface area contributed by atoms with Crippen LogP contribution < -0.4 is 21.5 Å². The molecule has 7 heteroatoms. The van der Waals surface area contributed by atoms with E-state index < -0.39 is 0 Å². The smallest absolute Gasteiger partial charge is 0.267 e. The predicted octanol–water partition coefficient (Wildman–Crippen LogP) is 3.38. The van der Waals surface area contributed by atoms with E-state index in [0.717, 1.165) is 43.7 Å². The summed E-state index contributed by atoms with van der Waals surface area (Å²) in [6.45, 7) is 4.92. The number of hydrogen-bond acceptors (Lipinski definition) is 5. The van der Waals surface area contributed by atoms with Crippen LogP contribution in [0.2, 0.25) is 0 Å². The SMILES string of the molecule is CCCNc1nc2ccccn2c(=O)c1-c1ccc(NC2CCNC2)cc1.Cl. The van der Waals surface area contributed by atoms with Gasteiger partial charge >= 0.3 is 0 Å². The first-order chi connectivity index (χ1) is 13.3. The zero-order valence-corrected chi connectivity index (χ0v) is 16.8. The van der Waals surface area contributed by atoms with Gasteiger partial charge in [-0.3, -0.25) is 9.20 Å². The van der Waals surface area contributed by atoms with E-state index in [0.29, 0.717) is 23.1 Å². The Morgan fingerprint density at radius 3 is 2.75 bits per heavy atom. The average molecular weight is 400 g/mol. The molecule has 1 saturated heterocycles. The third kappa shape index (κ3) is 4.13. The highest BCUT2D eigenvalue weighted by atomic mass is 35.5. The minimum absolute atomic E-state index is 0. The summed E-state index contributed by atoms with van der Waals surface area (Å²) in [6.07, 6.45) is 3.86. The van der Waals surface area contributed by atoms with Gasteiger partial charge in [0.05, 0.1) is 5.56 Å². The Morgan fingerprint density at radius 2 is 2.04 bits per heavy atom. The quantitative estimate of drug-likeness (QED) is 0.592. The minimum Gasteiger partial charge on any atom is -0.381 e. The highest BCUT2D eigenvalue weighted by molar-refractivity contribution is 5.85. The molecule has 0 amide bonds. The van der Waals surface area contributed by atoms with Crippen molar-refractivity contribution < 1.29 is 0 Å². The lowest BCUT2D eigenvalue weighted by atomic mass is 10.1. The van der Waals surface area contributed by atoms with Gasteiger partial charge < -0.3 is 16.0 Å². The molecule has 3 N–H and O–H groups in total. The fourth-order valence-corrected chi connectivity index (χ4v) is 3.47. The lowest BCUT2D eigenvalue weighted by molar-refractivity contribution is 0.793. The highest BCUT2D eigenvalue weighted by Crippen LogP contribution is 2.25. The lowest BCUT2D eigenvalue weighted by Crippen LogP contribution is -2.22. The maximum absolute atomic E-state index is 13.1. The largest absolute Gasteiger partial charge is 0.381 e. The fraction of sp³-hybridized carbons (Fsp3) is 0.333. The number of benzene rings is 1. The molecule has 1 fully saturated rings. The second-order valence-corrected chi connectivity index (χ2v) is 6.91. The van der Waals surface area contributed by atoms with Crippen LogP contribution >= 0.6 is 12.4 Å². The Kier molecular flexibility index (Phi) is 6.54. The Bertz CT molecular complexity index is 980. The summed E-state index contributed by atoms with van der Waals surface area (Å²) >= 11 is 0. The van der Waals surface area contributed by atoms with E-state index >= 15 is 0 Å². The monoisotopic (exact) mass is 399 g/mol. The lowest BCUT2D eigenvalue weighted by Gasteiger charge is -2.15. The molecule has 2 aromatic heterocycles. The van der Waals surface area contributed by atoms with Crippen LogP contribution in [0.25, 0.3) is 16.8 Å². The Hall–Kier alpha value is -2.57. The molecule has 1 unspecified atom stereocenters. The average Bonchev–Trinajstić information content (AvgIpc) is 3.20. The van der Waals surface area contributed by atoms with E-state index in [1.54, 1.807) is 10.6 Å². The fourth-order valence-electron chi connectivity index (χ4n) is 3.47. The van der Waals surface area contributed by atoms with E-state index in [9.17, 15) is 4.79 Å². The van der Waals surface area contributed by atoms with Crippen molar-refractivity contribution in [1.82, 2.24) is 14.7 Å². The number of aromatic nitrogens is 2. The normalized spacial score (nSPS) is 16.0. The molecule has 148 valence electrons. The Labute approximate surface area is 170 Å². The van der Waals surface area contributed by atoms with Crippen LogP contribution in [0.3, 0.4) is 0 Å². The molecule has 0 radical (unpaired) electrons. The van der Waals surface area contributed by atoms with E-state index in [-0.39, 0.29) is 18.0 Å². The zero-order chi connectivity index (χ0) is 18.6. The first kappa shape index (κ1) is 20.2. The molecule has 0 bridgehead atoms. The third-order valence-corrected chi connectivity index (χ3v) is 4.88. The molecular weight excluding hydrogens is 374 g/mol. The van der Waals surface area contributed by atoms with Gasteiger partial charge in [0.1, 0.15) is 11.5 Å². The summed E-state index contributed by atoms with van der Waals surface area (Å²) in [6, 6.07) is 14.1. The van der Waals surface area contributed by atoms with Crippen molar-refractivity contribution in [2.75, 3.05) is 30.3 Å². The second kappa shape index (κ2) is 9.08. The molecule has 1 atom stereocenters. The molecule has 28 heavy (non-hydrogen) atoms. The molecule has 3 heterocycles. The van der Waals surface area contributed by atoms with Crippen molar-refractivity contribution in [3.8, 4) is 11.1 Å².